The second-order valence-corrected chi connectivity index (χ2v) is 10.9. The van der Waals surface area contributed by atoms with Gasteiger partial charge in [-0.1, -0.05) is 25.1 Å². The number of nitrogens with zero attached hydrogens (tertiary/aromatic N) is 3. The molecule has 0 saturated carbocycles. The van der Waals surface area contributed by atoms with Crippen LogP contribution in [0.3, 0.4) is 0 Å². The van der Waals surface area contributed by atoms with Crippen LogP contribution in [0.4, 0.5) is 11.6 Å². The third-order valence-electron chi connectivity index (χ3n) is 6.69. The lowest BCUT2D eigenvalue weighted by molar-refractivity contribution is -0.0507. The van der Waals surface area contributed by atoms with Crippen molar-refractivity contribution < 1.29 is 18.3 Å². The Labute approximate surface area is 187 Å². The Morgan fingerprint density at radius 1 is 1.25 bits per heavy atom. The first kappa shape index (κ1) is 21.1. The molecule has 1 fully saturated rings. The lowest BCUT2D eigenvalue weighted by atomic mass is 9.81. The summed E-state index contributed by atoms with van der Waals surface area (Å²) in [6.45, 7) is 5.16. The van der Waals surface area contributed by atoms with Gasteiger partial charge >= 0.3 is 0 Å². The van der Waals surface area contributed by atoms with E-state index in [1.807, 2.05) is 29.2 Å². The predicted octanol–water partition coefficient (Wildman–Crippen LogP) is 1.94. The Morgan fingerprint density at radius 2 is 2.00 bits per heavy atom. The second-order valence-electron chi connectivity index (χ2n) is 8.62. The van der Waals surface area contributed by atoms with Gasteiger partial charge in [-0.15, -0.1) is 0 Å². The number of sulfone groups is 1. The van der Waals surface area contributed by atoms with Gasteiger partial charge in [0.25, 0.3) is 0 Å². The summed E-state index contributed by atoms with van der Waals surface area (Å²) in [7, 11) is -3.34. The molecule has 9 heteroatoms. The zero-order valence-electron chi connectivity index (χ0n) is 18.0. The summed E-state index contributed by atoms with van der Waals surface area (Å²) in [5.41, 5.74) is 1.63. The van der Waals surface area contributed by atoms with Crippen LogP contribution in [-0.2, 0) is 25.5 Å². The number of hydrogen-bond acceptors (Lipinski definition) is 8. The maximum Gasteiger partial charge on any atom is 0.229 e. The average Bonchev–Trinajstić information content (AvgIpc) is 3.15. The number of ether oxygens (including phenoxy) is 1. The molecule has 168 valence electrons. The number of anilines is 2. The zero-order valence-corrected chi connectivity index (χ0v) is 18.8. The van der Waals surface area contributed by atoms with Crippen molar-refractivity contribution in [3.63, 3.8) is 0 Å². The molecular formula is C23H26N4O4S. The number of aromatic nitrogens is 2. The topological polar surface area (TPSA) is 105 Å². The highest BCUT2D eigenvalue weighted by molar-refractivity contribution is 7.91. The van der Waals surface area contributed by atoms with Gasteiger partial charge in [0.1, 0.15) is 5.54 Å². The molecule has 0 amide bonds. The van der Waals surface area contributed by atoms with Crippen molar-refractivity contribution in [1.29, 1.82) is 0 Å². The minimum atomic E-state index is -3.34. The van der Waals surface area contributed by atoms with E-state index in [0.717, 1.165) is 16.8 Å². The summed E-state index contributed by atoms with van der Waals surface area (Å²) in [4.78, 5) is 11.5. The van der Waals surface area contributed by atoms with E-state index in [1.54, 1.807) is 44.6 Å². The van der Waals surface area contributed by atoms with Crippen LogP contribution in [0.1, 0.15) is 25.0 Å². The molecule has 0 aliphatic carbocycles. The van der Waals surface area contributed by atoms with Gasteiger partial charge in [-0.3, -0.25) is 0 Å². The molecule has 1 saturated heterocycles. The number of fused-ring (bicyclic) bond motifs is 2. The molecule has 1 aromatic heterocycles. The van der Waals surface area contributed by atoms with Crippen molar-refractivity contribution in [3.05, 3.63) is 66.1 Å². The summed E-state index contributed by atoms with van der Waals surface area (Å²) in [6, 6.07) is 5.32. The van der Waals surface area contributed by atoms with Gasteiger partial charge < -0.3 is 20.1 Å². The molecule has 5 rings (SSSR count). The van der Waals surface area contributed by atoms with Crippen LogP contribution in [0.25, 0.3) is 0 Å². The number of aliphatic hydroxyl groups is 1. The van der Waals surface area contributed by atoms with E-state index in [9.17, 15) is 13.5 Å². The lowest BCUT2D eigenvalue weighted by Gasteiger charge is -2.38. The molecule has 1 spiro atoms. The highest BCUT2D eigenvalue weighted by Gasteiger charge is 2.50. The summed E-state index contributed by atoms with van der Waals surface area (Å²) >= 11 is 0. The molecule has 1 unspecified atom stereocenters. The molecule has 32 heavy (non-hydrogen) atoms. The van der Waals surface area contributed by atoms with Crippen molar-refractivity contribution in [3.8, 4) is 0 Å². The van der Waals surface area contributed by atoms with Crippen molar-refractivity contribution in [1.82, 2.24) is 15.3 Å². The van der Waals surface area contributed by atoms with E-state index >= 15 is 0 Å². The van der Waals surface area contributed by atoms with E-state index < -0.39 is 21.5 Å². The Hall–Kier alpha value is -2.75. The molecule has 8 nitrogen and oxygen atoms in total. The number of hydrogen-bond donors (Lipinski definition) is 2. The molecule has 0 radical (unpaired) electrons. The molecule has 2 N–H and O–H groups in total. The monoisotopic (exact) mass is 454 g/mol. The molecule has 4 heterocycles. The summed E-state index contributed by atoms with van der Waals surface area (Å²) < 4.78 is 30.5. The second kappa shape index (κ2) is 7.40. The molecule has 2 atom stereocenters. The maximum absolute atomic E-state index is 12.5. The maximum atomic E-state index is 12.5. The van der Waals surface area contributed by atoms with Crippen molar-refractivity contribution >= 4 is 21.5 Å². The van der Waals surface area contributed by atoms with Crippen molar-refractivity contribution in [2.24, 2.45) is 0 Å². The molecule has 1 aromatic carbocycles. The first-order valence-electron chi connectivity index (χ1n) is 10.7. The normalized spacial score (nSPS) is 24.2. The van der Waals surface area contributed by atoms with Crippen LogP contribution in [0, 0.1) is 0 Å². The van der Waals surface area contributed by atoms with Gasteiger partial charge in [-0.2, -0.15) is 0 Å². The Kier molecular flexibility index (Phi) is 4.88. The van der Waals surface area contributed by atoms with Gasteiger partial charge in [0.15, 0.2) is 9.84 Å². The third kappa shape index (κ3) is 3.07. The standard InChI is InChI=1S/C23H26N4O4S/c1-3-32(29,30)18-6-7-19-20(10-18)27(13-22(19)14-31-15-22)21-24-11-17(12-25-21)23(16(2)28)8-4-5-9-26-23/h4-12,16,26,28H,3,13-15H2,1-2H3/t16-,23?/m0/s1. The summed E-state index contributed by atoms with van der Waals surface area (Å²) in [5.74, 6) is 0.530. The Balaban J connectivity index is 1.54. The highest BCUT2D eigenvalue weighted by Crippen LogP contribution is 2.48. The number of nitrogens with one attached hydrogen (secondary N) is 1. The fraction of sp³-hybridized carbons (Fsp3) is 0.391. The largest absolute Gasteiger partial charge is 0.390 e. The highest BCUT2D eigenvalue weighted by atomic mass is 32.2. The van der Waals surface area contributed by atoms with Gasteiger partial charge in [0, 0.05) is 30.2 Å². The predicted molar refractivity (Wildman–Crippen MR) is 120 cm³/mol. The SMILES string of the molecule is CCS(=O)(=O)c1ccc2c(c1)N(c1ncc(C3([C@H](C)O)C=CC=CN3)cn1)CC21COC1. The fourth-order valence-electron chi connectivity index (χ4n) is 4.64. The quantitative estimate of drug-likeness (QED) is 0.706. The summed E-state index contributed by atoms with van der Waals surface area (Å²) in [5, 5.41) is 13.7. The Bertz CT molecular complexity index is 1200. The number of aliphatic hydroxyl groups excluding tert-OH is 1. The third-order valence-corrected chi connectivity index (χ3v) is 8.43. The number of rotatable bonds is 5. The minimum absolute atomic E-state index is 0.0433. The average molecular weight is 455 g/mol. The molecule has 3 aliphatic rings. The molecule has 0 bridgehead atoms. The van der Waals surface area contributed by atoms with Gasteiger partial charge in [0.05, 0.1) is 35.4 Å². The lowest BCUT2D eigenvalue weighted by Crippen LogP contribution is -2.49. The van der Waals surface area contributed by atoms with Crippen molar-refractivity contribution in [2.75, 3.05) is 30.4 Å². The van der Waals surface area contributed by atoms with E-state index in [-0.39, 0.29) is 11.2 Å². The van der Waals surface area contributed by atoms with E-state index in [2.05, 4.69) is 15.3 Å². The number of allylic oxidation sites excluding steroid dienone is 2. The van der Waals surface area contributed by atoms with Crippen LogP contribution < -0.4 is 10.2 Å². The van der Waals surface area contributed by atoms with Crippen LogP contribution in [0.2, 0.25) is 0 Å². The van der Waals surface area contributed by atoms with E-state index in [0.29, 0.717) is 30.6 Å². The van der Waals surface area contributed by atoms with Crippen molar-refractivity contribution in [2.45, 2.75) is 35.8 Å². The smallest absolute Gasteiger partial charge is 0.229 e. The number of dihydropyridines is 1. The van der Waals surface area contributed by atoms with Gasteiger partial charge in [0.2, 0.25) is 5.95 Å². The first-order valence-corrected chi connectivity index (χ1v) is 12.3. The molecular weight excluding hydrogens is 428 g/mol. The van der Waals surface area contributed by atoms with Gasteiger partial charge in [-0.25, -0.2) is 18.4 Å². The van der Waals surface area contributed by atoms with Crippen LogP contribution in [-0.4, -0.2) is 55.1 Å². The van der Waals surface area contributed by atoms with E-state index in [1.165, 1.54) is 0 Å². The van der Waals surface area contributed by atoms with Crippen LogP contribution >= 0.6 is 0 Å². The molecule has 3 aliphatic heterocycles. The van der Waals surface area contributed by atoms with Crippen LogP contribution in [0.5, 0.6) is 0 Å². The first-order chi connectivity index (χ1) is 15.3. The Morgan fingerprint density at radius 3 is 2.56 bits per heavy atom. The summed E-state index contributed by atoms with van der Waals surface area (Å²) in [6.07, 6.45) is 10.1. The molecule has 2 aromatic rings. The van der Waals surface area contributed by atoms with Crippen LogP contribution in [0.15, 0.2) is 59.9 Å². The number of benzene rings is 1. The minimum Gasteiger partial charge on any atom is -0.390 e. The van der Waals surface area contributed by atoms with E-state index in [4.69, 9.17) is 4.74 Å². The zero-order chi connectivity index (χ0) is 22.6. The van der Waals surface area contributed by atoms with Gasteiger partial charge in [-0.05, 0) is 36.9 Å². The fourth-order valence-corrected chi connectivity index (χ4v) is 5.54.